The van der Waals surface area contributed by atoms with Crippen molar-refractivity contribution in [1.29, 1.82) is 0 Å². The zero-order valence-corrected chi connectivity index (χ0v) is 21.4. The van der Waals surface area contributed by atoms with Crippen LogP contribution < -0.4 is 15.2 Å². The number of fused-ring (bicyclic) bond motifs is 3. The SMILES string of the molecule is CCCCCCOc1ccc(C2=C3c4ccccc4C=C4C=CC5=c6ccccc6=CC(=C2)C5C43)cc1. The Morgan fingerprint density at radius 2 is 1.54 bits per heavy atom. The van der Waals surface area contributed by atoms with Crippen LogP contribution in [0.2, 0.25) is 0 Å². The molecule has 0 saturated heterocycles. The molecule has 0 aromatic heterocycles. The molecule has 0 bridgehead atoms. The van der Waals surface area contributed by atoms with Gasteiger partial charge in [-0.05, 0) is 73.5 Å². The molecule has 0 N–H and O–H groups in total. The van der Waals surface area contributed by atoms with E-state index in [4.69, 9.17) is 4.74 Å². The average molecular weight is 481 g/mol. The lowest BCUT2D eigenvalue weighted by Crippen LogP contribution is -2.39. The number of allylic oxidation sites excluding steroid dienone is 7. The molecule has 0 amide bonds. The van der Waals surface area contributed by atoms with Crippen LogP contribution in [0, 0.1) is 11.8 Å². The summed E-state index contributed by atoms with van der Waals surface area (Å²) in [6.45, 7) is 3.04. The van der Waals surface area contributed by atoms with Gasteiger partial charge in [-0.25, -0.2) is 0 Å². The van der Waals surface area contributed by atoms with E-state index in [0.29, 0.717) is 11.8 Å². The second-order valence-corrected chi connectivity index (χ2v) is 10.6. The summed E-state index contributed by atoms with van der Waals surface area (Å²) in [5.74, 6) is 1.67. The van der Waals surface area contributed by atoms with Crippen molar-refractivity contribution in [2.45, 2.75) is 32.6 Å². The van der Waals surface area contributed by atoms with Crippen LogP contribution in [0.4, 0.5) is 0 Å². The lowest BCUT2D eigenvalue weighted by atomic mass is 9.60. The molecular formula is C36H32O. The molecule has 182 valence electrons. The highest BCUT2D eigenvalue weighted by Crippen LogP contribution is 2.55. The Morgan fingerprint density at radius 1 is 0.703 bits per heavy atom. The Kier molecular flexibility index (Phi) is 5.58. The zero-order chi connectivity index (χ0) is 24.8. The minimum Gasteiger partial charge on any atom is -0.494 e. The Bertz CT molecular complexity index is 1620. The highest BCUT2D eigenvalue weighted by Gasteiger charge is 2.42. The minimum absolute atomic E-state index is 0.337. The molecule has 1 heteroatoms. The molecule has 0 saturated carbocycles. The predicted molar refractivity (Wildman–Crippen MR) is 155 cm³/mol. The van der Waals surface area contributed by atoms with Gasteiger partial charge in [0.15, 0.2) is 0 Å². The topological polar surface area (TPSA) is 9.23 Å². The molecule has 7 rings (SSSR count). The van der Waals surface area contributed by atoms with Gasteiger partial charge in [0, 0.05) is 11.8 Å². The van der Waals surface area contributed by atoms with Gasteiger partial charge in [-0.3, -0.25) is 0 Å². The van der Waals surface area contributed by atoms with Gasteiger partial charge in [0.05, 0.1) is 6.61 Å². The summed E-state index contributed by atoms with van der Waals surface area (Å²) in [4.78, 5) is 0. The molecule has 2 atom stereocenters. The quantitative estimate of drug-likeness (QED) is 0.322. The molecule has 3 aromatic carbocycles. The van der Waals surface area contributed by atoms with Crippen molar-refractivity contribution >= 4 is 28.9 Å². The zero-order valence-electron chi connectivity index (χ0n) is 21.4. The first-order valence-electron chi connectivity index (χ1n) is 13.8. The molecule has 0 aliphatic heterocycles. The average Bonchev–Trinajstić information content (AvgIpc) is 2.95. The van der Waals surface area contributed by atoms with Gasteiger partial charge < -0.3 is 4.74 Å². The largest absolute Gasteiger partial charge is 0.494 e. The first-order valence-corrected chi connectivity index (χ1v) is 13.8. The second-order valence-electron chi connectivity index (χ2n) is 10.6. The van der Waals surface area contributed by atoms with Gasteiger partial charge in [-0.1, -0.05) is 117 Å². The van der Waals surface area contributed by atoms with E-state index in [1.807, 2.05) is 0 Å². The normalized spacial score (nSPS) is 20.3. The fourth-order valence-electron chi connectivity index (χ4n) is 6.61. The molecular weight excluding hydrogens is 448 g/mol. The molecule has 3 aromatic rings. The van der Waals surface area contributed by atoms with Gasteiger partial charge in [0.25, 0.3) is 0 Å². The van der Waals surface area contributed by atoms with E-state index < -0.39 is 0 Å². The fourth-order valence-corrected chi connectivity index (χ4v) is 6.61. The van der Waals surface area contributed by atoms with Gasteiger partial charge in [-0.15, -0.1) is 0 Å². The Balaban J connectivity index is 1.36. The van der Waals surface area contributed by atoms with E-state index in [2.05, 4.69) is 110 Å². The van der Waals surface area contributed by atoms with Crippen LogP contribution in [0.3, 0.4) is 0 Å². The first kappa shape index (κ1) is 22.4. The molecule has 0 spiro atoms. The molecule has 4 aliphatic carbocycles. The van der Waals surface area contributed by atoms with Crippen molar-refractivity contribution in [3.8, 4) is 5.75 Å². The van der Waals surface area contributed by atoms with Crippen molar-refractivity contribution in [1.82, 2.24) is 0 Å². The molecule has 0 heterocycles. The lowest BCUT2D eigenvalue weighted by molar-refractivity contribution is 0.305. The third-order valence-corrected chi connectivity index (χ3v) is 8.35. The molecule has 0 fully saturated rings. The van der Waals surface area contributed by atoms with Crippen LogP contribution in [0.15, 0.2) is 102 Å². The van der Waals surface area contributed by atoms with Crippen LogP contribution in [-0.2, 0) is 0 Å². The van der Waals surface area contributed by atoms with Crippen LogP contribution in [0.1, 0.15) is 49.3 Å². The van der Waals surface area contributed by atoms with Crippen molar-refractivity contribution in [3.05, 3.63) is 129 Å². The van der Waals surface area contributed by atoms with Crippen molar-refractivity contribution in [3.63, 3.8) is 0 Å². The lowest BCUT2D eigenvalue weighted by Gasteiger charge is -2.43. The second kappa shape index (κ2) is 9.23. The predicted octanol–water partition coefficient (Wildman–Crippen LogP) is 7.34. The van der Waals surface area contributed by atoms with Crippen molar-refractivity contribution in [2.75, 3.05) is 6.61 Å². The highest BCUT2D eigenvalue weighted by atomic mass is 16.5. The maximum absolute atomic E-state index is 6.06. The maximum Gasteiger partial charge on any atom is 0.119 e. The summed E-state index contributed by atoms with van der Waals surface area (Å²) < 4.78 is 6.06. The van der Waals surface area contributed by atoms with E-state index >= 15 is 0 Å². The van der Waals surface area contributed by atoms with Crippen LogP contribution in [-0.4, -0.2) is 6.61 Å². The van der Waals surface area contributed by atoms with Gasteiger partial charge in [-0.2, -0.15) is 0 Å². The monoisotopic (exact) mass is 480 g/mol. The van der Waals surface area contributed by atoms with E-state index in [1.165, 1.54) is 74.3 Å². The number of ether oxygens (including phenoxy) is 1. The van der Waals surface area contributed by atoms with Gasteiger partial charge >= 0.3 is 0 Å². The van der Waals surface area contributed by atoms with E-state index in [-0.39, 0.29) is 0 Å². The van der Waals surface area contributed by atoms with Gasteiger partial charge in [0.2, 0.25) is 0 Å². The fraction of sp³-hybridized carbons (Fsp3) is 0.222. The van der Waals surface area contributed by atoms with Crippen LogP contribution in [0.5, 0.6) is 5.75 Å². The summed E-state index contributed by atoms with van der Waals surface area (Å²) in [5.41, 5.74) is 11.0. The van der Waals surface area contributed by atoms with Crippen molar-refractivity contribution < 1.29 is 4.74 Å². The molecule has 1 nitrogen and oxygen atoms in total. The van der Waals surface area contributed by atoms with Crippen LogP contribution in [0.25, 0.3) is 28.9 Å². The Hall–Kier alpha value is -3.84. The summed E-state index contributed by atoms with van der Waals surface area (Å²) >= 11 is 0. The third kappa shape index (κ3) is 3.76. The first-order chi connectivity index (χ1) is 18.3. The van der Waals surface area contributed by atoms with Crippen molar-refractivity contribution in [2.24, 2.45) is 11.8 Å². The summed E-state index contributed by atoms with van der Waals surface area (Å²) in [5, 5.41) is 2.70. The molecule has 37 heavy (non-hydrogen) atoms. The highest BCUT2D eigenvalue weighted by molar-refractivity contribution is 6.06. The summed E-state index contributed by atoms with van der Waals surface area (Å²) in [6, 6.07) is 26.6. The minimum atomic E-state index is 0.337. The number of rotatable bonds is 7. The Labute approximate surface area is 219 Å². The molecule has 2 unspecified atom stereocenters. The number of hydrogen-bond donors (Lipinski definition) is 0. The maximum atomic E-state index is 6.06. The molecule has 0 radical (unpaired) electrons. The summed E-state index contributed by atoms with van der Waals surface area (Å²) in [6.07, 6.45) is 16.9. The smallest absolute Gasteiger partial charge is 0.119 e. The van der Waals surface area contributed by atoms with E-state index in [0.717, 1.165) is 18.8 Å². The van der Waals surface area contributed by atoms with E-state index in [1.54, 1.807) is 0 Å². The number of benzene rings is 3. The Morgan fingerprint density at radius 3 is 2.43 bits per heavy atom. The molecule has 4 aliphatic rings. The van der Waals surface area contributed by atoms with E-state index in [9.17, 15) is 0 Å². The standard InChI is InChI=1S/C36H32O/c1-2-3-4-9-20-37-29-17-14-24(15-18-29)33-23-28-22-25-10-5-7-12-30(25)32-19-16-27-21-26-11-6-8-13-31(26)36(33)35(27)34(28)32/h5-8,10-19,21-23,34-35H,2-4,9,20H2,1H3. The number of hydrogen-bond acceptors (Lipinski definition) is 1. The van der Waals surface area contributed by atoms with Gasteiger partial charge in [0.1, 0.15) is 5.75 Å². The third-order valence-electron chi connectivity index (χ3n) is 8.35. The summed E-state index contributed by atoms with van der Waals surface area (Å²) in [7, 11) is 0. The number of unbranched alkanes of at least 4 members (excludes halogenated alkanes) is 3. The van der Waals surface area contributed by atoms with Crippen LogP contribution >= 0.6 is 0 Å².